The molecule has 1 saturated heterocycles. The van der Waals surface area contributed by atoms with Crippen molar-refractivity contribution in [3.63, 3.8) is 0 Å². The minimum Gasteiger partial charge on any atom is -0.481 e. The van der Waals surface area contributed by atoms with E-state index in [0.717, 1.165) is 55.4 Å². The normalized spacial score (nSPS) is 14.3. The van der Waals surface area contributed by atoms with E-state index in [-0.39, 0.29) is 5.75 Å². The Labute approximate surface area is 185 Å². The SMILES string of the molecule is CC1CCN(c2ccc(-c3cccc(NC(=O)COc4ccc(F)cc4F)c3)nn2)CC1. The van der Waals surface area contributed by atoms with Gasteiger partial charge in [0.05, 0.1) is 5.69 Å². The molecule has 0 atom stereocenters. The highest BCUT2D eigenvalue weighted by Crippen LogP contribution is 2.24. The third kappa shape index (κ3) is 5.38. The Bertz CT molecular complexity index is 1080. The van der Waals surface area contributed by atoms with Gasteiger partial charge in [-0.15, -0.1) is 10.2 Å². The lowest BCUT2D eigenvalue weighted by molar-refractivity contribution is -0.118. The van der Waals surface area contributed by atoms with Crippen molar-refractivity contribution in [2.75, 3.05) is 29.9 Å². The second-order valence-electron chi connectivity index (χ2n) is 7.94. The molecule has 0 unspecified atom stereocenters. The third-order valence-electron chi connectivity index (χ3n) is 5.45. The fraction of sp³-hybridized carbons (Fsp3) is 0.292. The monoisotopic (exact) mass is 438 g/mol. The number of rotatable bonds is 6. The van der Waals surface area contributed by atoms with E-state index in [0.29, 0.717) is 17.4 Å². The maximum absolute atomic E-state index is 13.6. The van der Waals surface area contributed by atoms with Crippen LogP contribution in [0.5, 0.6) is 5.75 Å². The van der Waals surface area contributed by atoms with E-state index in [1.807, 2.05) is 18.2 Å². The molecule has 8 heteroatoms. The summed E-state index contributed by atoms with van der Waals surface area (Å²) in [4.78, 5) is 14.4. The number of anilines is 2. The molecule has 1 aliphatic heterocycles. The Kier molecular flexibility index (Phi) is 6.58. The van der Waals surface area contributed by atoms with Crippen molar-refractivity contribution in [2.24, 2.45) is 5.92 Å². The molecular formula is C24H24F2N4O2. The first kappa shape index (κ1) is 21.7. The lowest BCUT2D eigenvalue weighted by Crippen LogP contribution is -2.33. The van der Waals surface area contributed by atoms with E-state index >= 15 is 0 Å². The summed E-state index contributed by atoms with van der Waals surface area (Å²) >= 11 is 0. The lowest BCUT2D eigenvalue weighted by atomic mass is 9.99. The molecule has 0 spiro atoms. The molecular weight excluding hydrogens is 414 g/mol. The molecule has 2 heterocycles. The van der Waals surface area contributed by atoms with Gasteiger partial charge < -0.3 is 15.0 Å². The maximum Gasteiger partial charge on any atom is 0.262 e. The fourth-order valence-electron chi connectivity index (χ4n) is 3.57. The quantitative estimate of drug-likeness (QED) is 0.606. The molecule has 1 aromatic heterocycles. The van der Waals surface area contributed by atoms with E-state index in [9.17, 15) is 13.6 Å². The topological polar surface area (TPSA) is 67.4 Å². The summed E-state index contributed by atoms with van der Waals surface area (Å²) in [5, 5.41) is 11.4. The van der Waals surface area contributed by atoms with Crippen LogP contribution < -0.4 is 15.0 Å². The van der Waals surface area contributed by atoms with Gasteiger partial charge in [-0.1, -0.05) is 19.1 Å². The summed E-state index contributed by atoms with van der Waals surface area (Å²) in [5.41, 5.74) is 2.05. The molecule has 1 aliphatic rings. The van der Waals surface area contributed by atoms with Gasteiger partial charge >= 0.3 is 0 Å². The van der Waals surface area contributed by atoms with Crippen molar-refractivity contribution in [1.29, 1.82) is 0 Å². The van der Waals surface area contributed by atoms with Crippen LogP contribution in [0.4, 0.5) is 20.3 Å². The van der Waals surface area contributed by atoms with Crippen molar-refractivity contribution in [3.8, 4) is 17.0 Å². The number of hydrogen-bond acceptors (Lipinski definition) is 5. The molecule has 6 nitrogen and oxygen atoms in total. The molecule has 1 amide bonds. The molecule has 0 aliphatic carbocycles. The maximum atomic E-state index is 13.6. The van der Waals surface area contributed by atoms with E-state index < -0.39 is 24.1 Å². The number of aromatic nitrogens is 2. The van der Waals surface area contributed by atoms with Crippen LogP contribution in [0.25, 0.3) is 11.3 Å². The second-order valence-corrected chi connectivity index (χ2v) is 7.94. The average molecular weight is 438 g/mol. The Balaban J connectivity index is 1.37. The Morgan fingerprint density at radius 2 is 1.91 bits per heavy atom. The van der Waals surface area contributed by atoms with Crippen molar-refractivity contribution >= 4 is 17.4 Å². The van der Waals surface area contributed by atoms with Gasteiger partial charge in [0.2, 0.25) is 0 Å². The summed E-state index contributed by atoms with van der Waals surface area (Å²) in [6, 6.07) is 14.0. The third-order valence-corrected chi connectivity index (χ3v) is 5.45. The molecule has 4 rings (SSSR count). The summed E-state index contributed by atoms with van der Waals surface area (Å²) in [7, 11) is 0. The first-order valence-electron chi connectivity index (χ1n) is 10.5. The van der Waals surface area contributed by atoms with Crippen LogP contribution in [0.1, 0.15) is 19.8 Å². The van der Waals surface area contributed by atoms with Crippen molar-refractivity contribution in [1.82, 2.24) is 10.2 Å². The summed E-state index contributed by atoms with van der Waals surface area (Å²) in [6.07, 6.45) is 2.31. The number of nitrogens with one attached hydrogen (secondary N) is 1. The largest absolute Gasteiger partial charge is 0.481 e. The minimum atomic E-state index is -0.860. The Morgan fingerprint density at radius 1 is 1.09 bits per heavy atom. The van der Waals surface area contributed by atoms with Crippen LogP contribution in [0.3, 0.4) is 0 Å². The number of halogens is 2. The Hall–Kier alpha value is -3.55. The van der Waals surface area contributed by atoms with Crippen molar-refractivity contribution in [3.05, 3.63) is 66.2 Å². The highest BCUT2D eigenvalue weighted by molar-refractivity contribution is 5.92. The number of carbonyl (C=O) groups excluding carboxylic acids is 1. The van der Waals surface area contributed by atoms with Crippen LogP contribution in [0.2, 0.25) is 0 Å². The molecule has 0 saturated carbocycles. The van der Waals surface area contributed by atoms with Crippen molar-refractivity contribution < 1.29 is 18.3 Å². The van der Waals surface area contributed by atoms with Gasteiger partial charge in [-0.25, -0.2) is 8.78 Å². The van der Waals surface area contributed by atoms with Crippen LogP contribution in [-0.4, -0.2) is 35.8 Å². The predicted molar refractivity (Wildman–Crippen MR) is 119 cm³/mol. The zero-order valence-electron chi connectivity index (χ0n) is 17.7. The molecule has 166 valence electrons. The summed E-state index contributed by atoms with van der Waals surface area (Å²) in [5.74, 6) is -0.606. The molecule has 0 bridgehead atoms. The highest BCUT2D eigenvalue weighted by Gasteiger charge is 2.17. The number of piperidine rings is 1. The molecule has 1 fully saturated rings. The second kappa shape index (κ2) is 9.72. The number of hydrogen-bond donors (Lipinski definition) is 1. The summed E-state index contributed by atoms with van der Waals surface area (Å²) < 4.78 is 31.7. The van der Waals surface area contributed by atoms with Crippen LogP contribution in [0.15, 0.2) is 54.6 Å². The number of carbonyl (C=O) groups is 1. The lowest BCUT2D eigenvalue weighted by Gasteiger charge is -2.30. The summed E-state index contributed by atoms with van der Waals surface area (Å²) in [6.45, 7) is 3.84. The number of amides is 1. The highest BCUT2D eigenvalue weighted by atomic mass is 19.1. The zero-order chi connectivity index (χ0) is 22.5. The number of nitrogens with zero attached hydrogens (tertiary/aromatic N) is 3. The first-order chi connectivity index (χ1) is 15.5. The van der Waals surface area contributed by atoms with E-state index in [2.05, 4.69) is 27.3 Å². The fourth-order valence-corrected chi connectivity index (χ4v) is 3.57. The van der Waals surface area contributed by atoms with E-state index in [1.165, 1.54) is 0 Å². The smallest absolute Gasteiger partial charge is 0.262 e. The van der Waals surface area contributed by atoms with Crippen molar-refractivity contribution in [2.45, 2.75) is 19.8 Å². The van der Waals surface area contributed by atoms with Gasteiger partial charge in [0.1, 0.15) is 5.82 Å². The van der Waals surface area contributed by atoms with Gasteiger partial charge in [0, 0.05) is 30.4 Å². The van der Waals surface area contributed by atoms with Gasteiger partial charge in [-0.2, -0.15) is 0 Å². The first-order valence-corrected chi connectivity index (χ1v) is 10.5. The number of ether oxygens (including phenoxy) is 1. The standard InChI is InChI=1S/C24H24F2N4O2/c1-16-9-11-30(12-10-16)23-8-6-21(28-29-23)17-3-2-4-19(13-17)27-24(31)15-32-22-7-5-18(25)14-20(22)26/h2-8,13-14,16H,9-12,15H2,1H3,(H,27,31). The molecule has 32 heavy (non-hydrogen) atoms. The minimum absolute atomic E-state index is 0.186. The average Bonchev–Trinajstić information content (AvgIpc) is 2.79. The van der Waals surface area contributed by atoms with Crippen LogP contribution >= 0.6 is 0 Å². The van der Waals surface area contributed by atoms with Crippen LogP contribution in [0, 0.1) is 17.6 Å². The molecule has 1 N–H and O–H groups in total. The van der Waals surface area contributed by atoms with Gasteiger partial charge in [0.15, 0.2) is 24.0 Å². The predicted octanol–water partition coefficient (Wildman–Crippen LogP) is 4.68. The molecule has 2 aromatic carbocycles. The van der Waals surface area contributed by atoms with Gasteiger partial charge in [0.25, 0.3) is 5.91 Å². The van der Waals surface area contributed by atoms with E-state index in [1.54, 1.807) is 18.2 Å². The molecule has 0 radical (unpaired) electrons. The van der Waals surface area contributed by atoms with Gasteiger partial charge in [-0.05, 0) is 55.2 Å². The Morgan fingerprint density at radius 3 is 2.62 bits per heavy atom. The van der Waals surface area contributed by atoms with Gasteiger partial charge in [-0.3, -0.25) is 4.79 Å². The van der Waals surface area contributed by atoms with Crippen LogP contribution in [-0.2, 0) is 4.79 Å². The number of benzene rings is 2. The molecule has 3 aromatic rings. The van der Waals surface area contributed by atoms with E-state index in [4.69, 9.17) is 4.74 Å². The zero-order valence-corrected chi connectivity index (χ0v) is 17.7.